The molecule has 4 heterocycles. The summed E-state index contributed by atoms with van der Waals surface area (Å²) in [6.45, 7) is 0. The molecule has 1 aliphatic heterocycles. The predicted octanol–water partition coefficient (Wildman–Crippen LogP) is 13.5. The molecule has 0 amide bonds. The number of benzene rings is 8. The third-order valence-electron chi connectivity index (χ3n) is 11.6. The minimum Gasteiger partial charge on any atom is -0.456 e. The number of nitrogens with zero attached hydrogens (tertiary/aromatic N) is 3. The van der Waals surface area contributed by atoms with Crippen LogP contribution in [0.5, 0.6) is 0 Å². The van der Waals surface area contributed by atoms with Crippen LogP contribution < -0.4 is 5.32 Å². The highest BCUT2D eigenvalue weighted by Crippen LogP contribution is 2.36. The van der Waals surface area contributed by atoms with Gasteiger partial charge in [-0.2, -0.15) is 0 Å². The van der Waals surface area contributed by atoms with Crippen LogP contribution in [0.15, 0.2) is 213 Å². The number of pyridine rings is 1. The minimum absolute atomic E-state index is 0.440. The number of amidine groups is 2. The van der Waals surface area contributed by atoms with Crippen LogP contribution in [0.25, 0.3) is 88.2 Å². The smallest absolute Gasteiger partial charge is 0.159 e. The number of hydrogen-bond acceptors (Lipinski definition) is 6. The lowest BCUT2D eigenvalue weighted by Crippen LogP contribution is -2.33. The SMILES string of the molecule is c1ccc(-c2ccc(C3=NC(c4ccc5c(c4)oc4ccccc45)NC(c4cccc5oc6cc(-c7ccc(-c8ccc9ccccc9c8)cc7)cnc6c45)=N3)cc2)cc1. The van der Waals surface area contributed by atoms with Gasteiger partial charge in [0, 0.05) is 39.2 Å². The van der Waals surface area contributed by atoms with Crippen LogP contribution in [0, 0.1) is 0 Å². The van der Waals surface area contributed by atoms with Gasteiger partial charge in [-0.15, -0.1) is 0 Å². The molecule has 60 heavy (non-hydrogen) atoms. The van der Waals surface area contributed by atoms with E-state index in [2.05, 4.69) is 157 Å². The van der Waals surface area contributed by atoms with Crippen molar-refractivity contribution in [2.75, 3.05) is 0 Å². The Hall–Kier alpha value is -8.09. The van der Waals surface area contributed by atoms with Gasteiger partial charge in [0.25, 0.3) is 0 Å². The summed E-state index contributed by atoms with van der Waals surface area (Å²) in [5.74, 6) is 1.32. The maximum Gasteiger partial charge on any atom is 0.159 e. The molecule has 0 fully saturated rings. The monoisotopic (exact) mass is 770 g/mol. The third kappa shape index (κ3) is 5.85. The molecule has 1 aliphatic rings. The molecule has 6 heteroatoms. The molecule has 0 saturated heterocycles. The van der Waals surface area contributed by atoms with E-state index in [0.29, 0.717) is 17.3 Å². The summed E-state index contributed by atoms with van der Waals surface area (Å²) in [5.41, 5.74) is 13.4. The molecule has 0 spiro atoms. The van der Waals surface area contributed by atoms with Crippen molar-refractivity contribution in [3.63, 3.8) is 0 Å². The standard InChI is InChI=1S/C54H34N4O2/c1-2-9-33(10-3-1)35-21-24-38(25-22-35)52-56-53(41-27-28-44-43-13-6-7-15-46(43)59-48(44)30-41)58-54(57-52)45-14-8-16-47-50(45)51-49(60-47)31-42(32-55-51)37-19-17-36(18-20-37)40-26-23-34-11-4-5-12-39(34)29-40/h1-32,53H,(H,56,57,58). The van der Waals surface area contributed by atoms with E-state index < -0.39 is 6.17 Å². The molecule has 1 unspecified atom stereocenters. The molecule has 6 nitrogen and oxygen atoms in total. The Morgan fingerprint density at radius 3 is 1.93 bits per heavy atom. The number of aliphatic imine (C=N–C) groups is 2. The minimum atomic E-state index is -0.440. The zero-order chi connectivity index (χ0) is 39.6. The first-order valence-corrected chi connectivity index (χ1v) is 20.1. The Morgan fingerprint density at radius 2 is 1.08 bits per heavy atom. The van der Waals surface area contributed by atoms with E-state index in [1.54, 1.807) is 0 Å². The van der Waals surface area contributed by atoms with Crippen LogP contribution >= 0.6 is 0 Å². The van der Waals surface area contributed by atoms with E-state index in [4.69, 9.17) is 23.8 Å². The normalized spacial score (nSPS) is 14.2. The van der Waals surface area contributed by atoms with E-state index in [1.165, 1.54) is 21.9 Å². The van der Waals surface area contributed by atoms with Gasteiger partial charge in [0.1, 0.15) is 34.3 Å². The molecule has 3 aromatic heterocycles. The lowest BCUT2D eigenvalue weighted by Gasteiger charge is -2.24. The second kappa shape index (κ2) is 13.8. The van der Waals surface area contributed by atoms with Gasteiger partial charge >= 0.3 is 0 Å². The number of fused-ring (bicyclic) bond motifs is 7. The number of rotatable bonds is 6. The van der Waals surface area contributed by atoms with Gasteiger partial charge in [0.2, 0.25) is 0 Å². The molecule has 12 rings (SSSR count). The van der Waals surface area contributed by atoms with Crippen molar-refractivity contribution in [2.24, 2.45) is 9.98 Å². The summed E-state index contributed by atoms with van der Waals surface area (Å²) in [5, 5.41) is 9.20. The second-order valence-electron chi connectivity index (χ2n) is 15.2. The topological polar surface area (TPSA) is 75.9 Å². The summed E-state index contributed by atoms with van der Waals surface area (Å²) in [6, 6.07) is 65.1. The fraction of sp³-hybridized carbons (Fsp3) is 0.0185. The van der Waals surface area contributed by atoms with Gasteiger partial charge in [-0.05, 0) is 68.9 Å². The van der Waals surface area contributed by atoms with Gasteiger partial charge in [-0.1, -0.05) is 158 Å². The molecule has 0 radical (unpaired) electrons. The summed E-state index contributed by atoms with van der Waals surface area (Å²) < 4.78 is 12.9. The van der Waals surface area contributed by atoms with Crippen molar-refractivity contribution in [2.45, 2.75) is 6.17 Å². The van der Waals surface area contributed by atoms with Crippen LogP contribution in [0.2, 0.25) is 0 Å². The Bertz CT molecular complexity index is 3510. The molecule has 282 valence electrons. The van der Waals surface area contributed by atoms with Gasteiger partial charge < -0.3 is 14.2 Å². The van der Waals surface area contributed by atoms with Crippen molar-refractivity contribution in [1.82, 2.24) is 10.3 Å². The molecule has 1 atom stereocenters. The number of aromatic nitrogens is 1. The quantitative estimate of drug-likeness (QED) is 0.183. The van der Waals surface area contributed by atoms with E-state index in [1.807, 2.05) is 42.6 Å². The summed E-state index contributed by atoms with van der Waals surface area (Å²) >= 11 is 0. The molecule has 1 N–H and O–H groups in total. The Balaban J connectivity index is 0.926. The first-order valence-electron chi connectivity index (χ1n) is 20.1. The fourth-order valence-electron chi connectivity index (χ4n) is 8.51. The van der Waals surface area contributed by atoms with E-state index in [-0.39, 0.29) is 0 Å². The van der Waals surface area contributed by atoms with Crippen LogP contribution in [-0.2, 0) is 0 Å². The molecule has 8 aromatic carbocycles. The third-order valence-corrected chi connectivity index (χ3v) is 11.6. The summed E-state index contributed by atoms with van der Waals surface area (Å²) in [4.78, 5) is 15.5. The van der Waals surface area contributed by atoms with Crippen molar-refractivity contribution < 1.29 is 8.83 Å². The van der Waals surface area contributed by atoms with Gasteiger partial charge in [-0.25, -0.2) is 9.98 Å². The molecular formula is C54H34N4O2. The zero-order valence-corrected chi connectivity index (χ0v) is 32.2. The lowest BCUT2D eigenvalue weighted by molar-refractivity contribution is 0.655. The Morgan fingerprint density at radius 1 is 0.433 bits per heavy atom. The van der Waals surface area contributed by atoms with Crippen molar-refractivity contribution in [3.8, 4) is 33.4 Å². The predicted molar refractivity (Wildman–Crippen MR) is 244 cm³/mol. The van der Waals surface area contributed by atoms with Crippen molar-refractivity contribution in [1.29, 1.82) is 0 Å². The molecule has 0 bridgehead atoms. The summed E-state index contributed by atoms with van der Waals surface area (Å²) in [6.07, 6.45) is 1.49. The van der Waals surface area contributed by atoms with E-state index in [9.17, 15) is 0 Å². The van der Waals surface area contributed by atoms with Crippen LogP contribution in [0.4, 0.5) is 0 Å². The molecule has 0 saturated carbocycles. The van der Waals surface area contributed by atoms with Crippen molar-refractivity contribution in [3.05, 3.63) is 211 Å². The van der Waals surface area contributed by atoms with Gasteiger partial charge in [-0.3, -0.25) is 4.98 Å². The average molecular weight is 771 g/mol. The highest BCUT2D eigenvalue weighted by Gasteiger charge is 2.25. The first-order chi connectivity index (χ1) is 29.7. The number of hydrogen-bond donors (Lipinski definition) is 1. The highest BCUT2D eigenvalue weighted by atomic mass is 16.3. The fourth-order valence-corrected chi connectivity index (χ4v) is 8.51. The highest BCUT2D eigenvalue weighted by molar-refractivity contribution is 6.21. The van der Waals surface area contributed by atoms with Crippen LogP contribution in [0.1, 0.15) is 22.9 Å². The summed E-state index contributed by atoms with van der Waals surface area (Å²) in [7, 11) is 0. The van der Waals surface area contributed by atoms with Gasteiger partial charge in [0.15, 0.2) is 11.4 Å². The van der Waals surface area contributed by atoms with Crippen LogP contribution in [-0.4, -0.2) is 16.7 Å². The maximum atomic E-state index is 6.55. The van der Waals surface area contributed by atoms with Gasteiger partial charge in [0.05, 0.1) is 5.39 Å². The lowest BCUT2D eigenvalue weighted by atomic mass is 9.98. The molecule has 11 aromatic rings. The number of nitrogens with one attached hydrogen (secondary N) is 1. The Labute approximate surface area is 344 Å². The zero-order valence-electron chi connectivity index (χ0n) is 32.2. The molecule has 0 aliphatic carbocycles. The van der Waals surface area contributed by atoms with E-state index in [0.717, 1.165) is 77.4 Å². The Kier molecular flexibility index (Phi) is 7.81. The van der Waals surface area contributed by atoms with Crippen LogP contribution in [0.3, 0.4) is 0 Å². The second-order valence-corrected chi connectivity index (χ2v) is 15.2. The largest absolute Gasteiger partial charge is 0.456 e. The number of para-hydroxylation sites is 1. The molecular weight excluding hydrogens is 737 g/mol. The average Bonchev–Trinajstić information content (AvgIpc) is 3.89. The maximum absolute atomic E-state index is 6.55. The van der Waals surface area contributed by atoms with Crippen molar-refractivity contribution >= 4 is 66.5 Å². The first kappa shape index (κ1) is 34.0. The van der Waals surface area contributed by atoms with E-state index >= 15 is 0 Å². The number of furan rings is 2.